The van der Waals surface area contributed by atoms with Gasteiger partial charge in [0.2, 0.25) is 17.6 Å². The molecule has 42 heavy (non-hydrogen) atoms. The summed E-state index contributed by atoms with van der Waals surface area (Å²) < 4.78 is 15.2. The molecule has 2 aromatic carbocycles. The Balaban J connectivity index is 0.000000287. The van der Waals surface area contributed by atoms with Crippen LogP contribution in [0.15, 0.2) is 52.0 Å². The summed E-state index contributed by atoms with van der Waals surface area (Å²) in [6.45, 7) is 2.31. The van der Waals surface area contributed by atoms with E-state index in [0.717, 1.165) is 35.3 Å². The molecule has 0 saturated heterocycles. The molecule has 4 rings (SSSR count). The molecule has 1 aliphatic rings. The number of nitrogens with two attached hydrogens (primary N) is 2. The van der Waals surface area contributed by atoms with E-state index < -0.39 is 0 Å². The molecular formula is C31H44N6O5. The number of aldehydes is 1. The lowest BCUT2D eigenvalue weighted by Gasteiger charge is -2.21. The molecule has 0 bridgehead atoms. The van der Waals surface area contributed by atoms with E-state index in [-0.39, 0.29) is 11.9 Å². The third-order valence-electron chi connectivity index (χ3n) is 6.73. The van der Waals surface area contributed by atoms with Crippen molar-refractivity contribution in [2.45, 2.75) is 64.8 Å². The number of hydrogen-bond acceptors (Lipinski definition) is 8. The number of rotatable bonds is 10. The summed E-state index contributed by atoms with van der Waals surface area (Å²) in [6, 6.07) is 13.3. The standard InChI is InChI=1S/C19H25N3O2.C10H12O3.C2H7N3/c1-14-21-19(22-24-14)17-9-5-8-16(12-17)13-20-18(23)11-10-15-6-3-2-4-7-15;1-12-9-4-3-8(5-6-11)7-10(9)13-2;1-5-2(3)4/h5,8-9,12,15H,2-4,6-7,10-11,13H2,1H3,(H,20,23);3-4,6-7H,5H2,1-2H3;1H3,(H4,3,4,5). The van der Waals surface area contributed by atoms with Crippen molar-refractivity contribution >= 4 is 18.2 Å². The maximum absolute atomic E-state index is 12.1. The largest absolute Gasteiger partial charge is 0.493 e. The van der Waals surface area contributed by atoms with Gasteiger partial charge in [0.1, 0.15) is 6.29 Å². The monoisotopic (exact) mass is 580 g/mol. The number of amides is 1. The number of aryl methyl sites for hydroxylation is 1. The smallest absolute Gasteiger partial charge is 0.223 e. The zero-order chi connectivity index (χ0) is 30.7. The number of carbonyl (C=O) groups is 2. The number of aromatic nitrogens is 2. The summed E-state index contributed by atoms with van der Waals surface area (Å²) in [4.78, 5) is 29.9. The van der Waals surface area contributed by atoms with Crippen LogP contribution >= 0.6 is 0 Å². The molecule has 0 spiro atoms. The molecule has 1 fully saturated rings. The second kappa shape index (κ2) is 18.8. The van der Waals surface area contributed by atoms with Gasteiger partial charge >= 0.3 is 0 Å². The fraction of sp³-hybridized carbons (Fsp3) is 0.452. The minimum absolute atomic E-state index is 0.130. The zero-order valence-corrected chi connectivity index (χ0v) is 25.1. The van der Waals surface area contributed by atoms with Crippen LogP contribution in [0.25, 0.3) is 11.4 Å². The number of benzene rings is 2. The van der Waals surface area contributed by atoms with Gasteiger partial charge in [0, 0.05) is 38.9 Å². The predicted molar refractivity (Wildman–Crippen MR) is 163 cm³/mol. The van der Waals surface area contributed by atoms with Crippen LogP contribution in [0.1, 0.15) is 62.0 Å². The highest BCUT2D eigenvalue weighted by Gasteiger charge is 2.15. The van der Waals surface area contributed by atoms with E-state index >= 15 is 0 Å². The highest BCUT2D eigenvalue weighted by molar-refractivity contribution is 5.76. The average Bonchev–Trinajstić information content (AvgIpc) is 3.46. The fourth-order valence-electron chi connectivity index (χ4n) is 4.44. The summed E-state index contributed by atoms with van der Waals surface area (Å²) in [6.07, 6.45) is 9.52. The average molecular weight is 581 g/mol. The maximum atomic E-state index is 12.1. The van der Waals surface area contributed by atoms with Crippen molar-refractivity contribution in [2.24, 2.45) is 22.4 Å². The molecule has 3 aromatic rings. The molecule has 1 saturated carbocycles. The third-order valence-corrected chi connectivity index (χ3v) is 6.73. The molecule has 1 aromatic heterocycles. The van der Waals surface area contributed by atoms with Gasteiger partial charge in [0.05, 0.1) is 14.2 Å². The van der Waals surface area contributed by atoms with Crippen LogP contribution in [-0.4, -0.2) is 49.6 Å². The molecule has 0 radical (unpaired) electrons. The molecule has 228 valence electrons. The van der Waals surface area contributed by atoms with Crippen LogP contribution in [0.5, 0.6) is 11.5 Å². The Morgan fingerprint density at radius 2 is 1.79 bits per heavy atom. The first-order chi connectivity index (χ1) is 20.3. The van der Waals surface area contributed by atoms with Crippen molar-refractivity contribution < 1.29 is 23.6 Å². The van der Waals surface area contributed by atoms with E-state index in [1.54, 1.807) is 33.3 Å². The zero-order valence-electron chi connectivity index (χ0n) is 25.1. The van der Waals surface area contributed by atoms with E-state index in [9.17, 15) is 9.59 Å². The number of hydrogen-bond donors (Lipinski definition) is 3. The van der Waals surface area contributed by atoms with E-state index in [1.807, 2.05) is 30.3 Å². The van der Waals surface area contributed by atoms with E-state index in [1.165, 1.54) is 39.2 Å². The Kier molecular flexibility index (Phi) is 15.2. The summed E-state index contributed by atoms with van der Waals surface area (Å²) in [5, 5.41) is 6.95. The molecule has 1 heterocycles. The third kappa shape index (κ3) is 12.4. The van der Waals surface area contributed by atoms with Crippen LogP contribution in [0.3, 0.4) is 0 Å². The van der Waals surface area contributed by atoms with Crippen molar-refractivity contribution in [1.82, 2.24) is 15.5 Å². The highest BCUT2D eigenvalue weighted by Crippen LogP contribution is 2.28. The molecule has 11 nitrogen and oxygen atoms in total. The lowest BCUT2D eigenvalue weighted by molar-refractivity contribution is -0.121. The van der Waals surface area contributed by atoms with Crippen LogP contribution < -0.4 is 26.3 Å². The van der Waals surface area contributed by atoms with Gasteiger partial charge in [-0.2, -0.15) is 4.98 Å². The van der Waals surface area contributed by atoms with Crippen LogP contribution in [0, 0.1) is 12.8 Å². The Labute approximate surface area is 248 Å². The second-order valence-electron chi connectivity index (χ2n) is 9.87. The van der Waals surface area contributed by atoms with Crippen molar-refractivity contribution in [3.05, 3.63) is 59.5 Å². The van der Waals surface area contributed by atoms with Gasteiger partial charge in [-0.3, -0.25) is 9.79 Å². The molecule has 5 N–H and O–H groups in total. The van der Waals surface area contributed by atoms with Crippen LogP contribution in [-0.2, 0) is 22.6 Å². The van der Waals surface area contributed by atoms with Gasteiger partial charge < -0.3 is 35.6 Å². The van der Waals surface area contributed by atoms with Gasteiger partial charge in [-0.15, -0.1) is 0 Å². The molecule has 1 aliphatic carbocycles. The van der Waals surface area contributed by atoms with Crippen LogP contribution in [0.4, 0.5) is 0 Å². The van der Waals surface area contributed by atoms with Gasteiger partial charge in [0.15, 0.2) is 17.5 Å². The van der Waals surface area contributed by atoms with E-state index in [2.05, 4.69) is 20.4 Å². The number of aliphatic imine (C=N–C) groups is 1. The van der Waals surface area contributed by atoms with Crippen molar-refractivity contribution in [3.63, 3.8) is 0 Å². The molecule has 1 amide bonds. The molecule has 0 unspecified atom stereocenters. The minimum Gasteiger partial charge on any atom is -0.493 e. The maximum Gasteiger partial charge on any atom is 0.223 e. The van der Waals surface area contributed by atoms with Crippen LogP contribution in [0.2, 0.25) is 0 Å². The summed E-state index contributed by atoms with van der Waals surface area (Å²) >= 11 is 0. The summed E-state index contributed by atoms with van der Waals surface area (Å²) in [7, 11) is 4.69. The SMILES string of the molecule is CN=C(N)N.COc1ccc(CC=O)cc1OC.Cc1nc(-c2cccc(CNC(=O)CCC3CCCCC3)c2)no1. The first-order valence-electron chi connectivity index (χ1n) is 14.1. The first kappa shape index (κ1) is 33.8. The number of guanidine groups is 1. The Hall–Kier alpha value is -4.41. The normalized spacial score (nSPS) is 12.5. The Bertz CT molecular complexity index is 1270. The molecule has 11 heteroatoms. The van der Waals surface area contributed by atoms with Gasteiger partial charge in [0.25, 0.3) is 0 Å². The number of methoxy groups -OCH3 is 2. The lowest BCUT2D eigenvalue weighted by Crippen LogP contribution is -2.23. The lowest BCUT2D eigenvalue weighted by atomic mass is 9.86. The van der Waals surface area contributed by atoms with Gasteiger partial charge in [-0.05, 0) is 41.7 Å². The first-order valence-corrected chi connectivity index (χ1v) is 14.1. The Morgan fingerprint density at radius 1 is 1.07 bits per heavy atom. The number of nitrogens with one attached hydrogen (secondary N) is 1. The van der Waals surface area contributed by atoms with E-state index in [4.69, 9.17) is 25.5 Å². The van der Waals surface area contributed by atoms with Crippen molar-refractivity contribution in [1.29, 1.82) is 0 Å². The molecule has 0 atom stereocenters. The quantitative estimate of drug-likeness (QED) is 0.179. The second-order valence-corrected chi connectivity index (χ2v) is 9.87. The molecular weight excluding hydrogens is 536 g/mol. The minimum atomic E-state index is 0.130. The van der Waals surface area contributed by atoms with Crippen molar-refractivity contribution in [2.75, 3.05) is 21.3 Å². The highest BCUT2D eigenvalue weighted by atomic mass is 16.5. The molecule has 0 aliphatic heterocycles. The predicted octanol–water partition coefficient (Wildman–Crippen LogP) is 4.36. The number of nitrogens with zero attached hydrogens (tertiary/aromatic N) is 3. The van der Waals surface area contributed by atoms with Crippen molar-refractivity contribution in [3.8, 4) is 22.9 Å². The van der Waals surface area contributed by atoms with Gasteiger partial charge in [-0.1, -0.05) is 61.5 Å². The Morgan fingerprint density at radius 3 is 2.38 bits per heavy atom. The number of carbonyl (C=O) groups excluding carboxylic acids is 2. The number of ether oxygens (including phenoxy) is 2. The fourth-order valence-corrected chi connectivity index (χ4v) is 4.44. The van der Waals surface area contributed by atoms with Gasteiger partial charge in [-0.25, -0.2) is 0 Å². The summed E-state index contributed by atoms with van der Waals surface area (Å²) in [5.74, 6) is 3.48. The topological polar surface area (TPSA) is 168 Å². The summed E-state index contributed by atoms with van der Waals surface area (Å²) in [5.41, 5.74) is 12.5. The van der Waals surface area contributed by atoms with E-state index in [0.29, 0.717) is 42.6 Å².